The predicted molar refractivity (Wildman–Crippen MR) is 83.1 cm³/mol. The summed E-state index contributed by atoms with van der Waals surface area (Å²) in [5.74, 6) is 0. The van der Waals surface area contributed by atoms with Gasteiger partial charge in [-0.1, -0.05) is 19.1 Å². The largest absolute Gasteiger partial charge is 0.330 e. The summed E-state index contributed by atoms with van der Waals surface area (Å²) in [7, 11) is 3.17. The van der Waals surface area contributed by atoms with Crippen LogP contribution in [0.4, 0.5) is 0 Å². The van der Waals surface area contributed by atoms with Crippen molar-refractivity contribution in [2.24, 2.45) is 14.1 Å². The Morgan fingerprint density at radius 1 is 0.952 bits per heavy atom. The van der Waals surface area contributed by atoms with Crippen LogP contribution in [0.1, 0.15) is 12.5 Å². The van der Waals surface area contributed by atoms with Crippen LogP contribution >= 0.6 is 0 Å². The summed E-state index contributed by atoms with van der Waals surface area (Å²) in [4.78, 5) is 24.1. The maximum atomic E-state index is 12.2. The van der Waals surface area contributed by atoms with Crippen molar-refractivity contribution in [2.45, 2.75) is 13.3 Å². The van der Waals surface area contributed by atoms with Crippen molar-refractivity contribution in [3.63, 3.8) is 0 Å². The minimum atomic E-state index is -0.313. The van der Waals surface area contributed by atoms with Gasteiger partial charge in [-0.25, -0.2) is 4.79 Å². The van der Waals surface area contributed by atoms with Crippen molar-refractivity contribution >= 4 is 10.9 Å². The van der Waals surface area contributed by atoms with Crippen LogP contribution in [-0.2, 0) is 20.5 Å². The first-order valence-electron chi connectivity index (χ1n) is 6.90. The van der Waals surface area contributed by atoms with E-state index in [2.05, 4.69) is 19.1 Å². The summed E-state index contributed by atoms with van der Waals surface area (Å²) >= 11 is 0. The van der Waals surface area contributed by atoms with E-state index in [1.807, 2.05) is 22.9 Å². The number of hydrogen-bond acceptors (Lipinski definition) is 2. The number of nitrogens with zero attached hydrogens (tertiary/aromatic N) is 3. The van der Waals surface area contributed by atoms with Gasteiger partial charge in [0.1, 0.15) is 0 Å². The van der Waals surface area contributed by atoms with Crippen LogP contribution in [0.15, 0.2) is 46.2 Å². The quantitative estimate of drug-likeness (QED) is 0.717. The third-order valence-electron chi connectivity index (χ3n) is 3.92. The molecule has 0 fully saturated rings. The highest BCUT2D eigenvalue weighted by atomic mass is 16.2. The number of hydrogen-bond donors (Lipinski definition) is 0. The van der Waals surface area contributed by atoms with Crippen molar-refractivity contribution < 1.29 is 0 Å². The molecule has 0 spiro atoms. The van der Waals surface area contributed by atoms with Crippen LogP contribution in [-0.4, -0.2) is 13.7 Å². The molecule has 0 saturated heterocycles. The fourth-order valence-electron chi connectivity index (χ4n) is 2.52. The van der Waals surface area contributed by atoms with Gasteiger partial charge in [-0.3, -0.25) is 13.9 Å². The molecule has 0 aliphatic rings. The SMILES string of the molecule is CCc1ccc(-n2cc3c(=O)n(C)c(=O)n(C)c3c2)cc1. The first-order chi connectivity index (χ1) is 10.0. The van der Waals surface area contributed by atoms with E-state index in [4.69, 9.17) is 0 Å². The van der Waals surface area contributed by atoms with E-state index in [9.17, 15) is 9.59 Å². The number of benzene rings is 1. The molecule has 2 heterocycles. The second-order valence-corrected chi connectivity index (χ2v) is 5.19. The Balaban J connectivity index is 2.26. The second kappa shape index (κ2) is 4.77. The Kier molecular flexibility index (Phi) is 3.05. The summed E-state index contributed by atoms with van der Waals surface area (Å²) < 4.78 is 4.51. The van der Waals surface area contributed by atoms with Gasteiger partial charge in [0.2, 0.25) is 0 Å². The van der Waals surface area contributed by atoms with Crippen LogP contribution in [0.25, 0.3) is 16.6 Å². The normalized spacial score (nSPS) is 11.2. The summed E-state index contributed by atoms with van der Waals surface area (Å²) in [5, 5.41) is 0.541. The highest BCUT2D eigenvalue weighted by Gasteiger charge is 2.11. The zero-order valence-corrected chi connectivity index (χ0v) is 12.3. The molecule has 108 valence electrons. The zero-order chi connectivity index (χ0) is 15.1. The minimum Gasteiger partial charge on any atom is -0.321 e. The topological polar surface area (TPSA) is 48.9 Å². The molecular weight excluding hydrogens is 266 g/mol. The Morgan fingerprint density at radius 2 is 1.62 bits per heavy atom. The number of aryl methyl sites for hydroxylation is 2. The van der Waals surface area contributed by atoms with Gasteiger partial charge in [-0.15, -0.1) is 0 Å². The Hall–Kier alpha value is -2.56. The maximum absolute atomic E-state index is 12.2. The molecule has 0 bridgehead atoms. The average Bonchev–Trinajstić information content (AvgIpc) is 2.96. The number of rotatable bonds is 2. The van der Waals surface area contributed by atoms with E-state index < -0.39 is 0 Å². The smallest absolute Gasteiger partial charge is 0.321 e. The molecule has 3 aromatic rings. The van der Waals surface area contributed by atoms with Crippen molar-refractivity contribution in [2.75, 3.05) is 0 Å². The van der Waals surface area contributed by atoms with Crippen LogP contribution in [0, 0.1) is 0 Å². The molecule has 0 unspecified atom stereocenters. The minimum absolute atomic E-state index is 0.267. The van der Waals surface area contributed by atoms with Gasteiger partial charge < -0.3 is 4.57 Å². The van der Waals surface area contributed by atoms with Crippen LogP contribution in [0.5, 0.6) is 0 Å². The van der Waals surface area contributed by atoms with E-state index in [1.54, 1.807) is 13.2 Å². The lowest BCUT2D eigenvalue weighted by molar-refractivity contribution is 0.714. The molecule has 0 radical (unpaired) electrons. The van der Waals surface area contributed by atoms with Crippen molar-refractivity contribution in [3.05, 3.63) is 63.1 Å². The van der Waals surface area contributed by atoms with Crippen LogP contribution in [0.3, 0.4) is 0 Å². The third kappa shape index (κ3) is 2.01. The summed E-state index contributed by atoms with van der Waals surface area (Å²) in [6.45, 7) is 2.11. The highest BCUT2D eigenvalue weighted by molar-refractivity contribution is 5.78. The molecule has 3 rings (SSSR count). The molecule has 0 aliphatic carbocycles. The maximum Gasteiger partial charge on any atom is 0.330 e. The van der Waals surface area contributed by atoms with Gasteiger partial charge >= 0.3 is 5.69 Å². The van der Waals surface area contributed by atoms with Gasteiger partial charge in [0.25, 0.3) is 5.56 Å². The van der Waals surface area contributed by atoms with Crippen molar-refractivity contribution in [3.8, 4) is 5.69 Å². The molecule has 5 nitrogen and oxygen atoms in total. The predicted octanol–water partition coefficient (Wildman–Crippen LogP) is 1.59. The van der Waals surface area contributed by atoms with Gasteiger partial charge in [0.15, 0.2) is 0 Å². The van der Waals surface area contributed by atoms with E-state index in [1.165, 1.54) is 17.2 Å². The lowest BCUT2D eigenvalue weighted by atomic mass is 10.1. The molecule has 0 amide bonds. The average molecular weight is 283 g/mol. The van der Waals surface area contributed by atoms with Crippen molar-refractivity contribution in [1.82, 2.24) is 13.7 Å². The summed E-state index contributed by atoms with van der Waals surface area (Å²) in [5.41, 5.74) is 2.29. The number of aromatic nitrogens is 3. The van der Waals surface area contributed by atoms with Crippen LogP contribution in [0.2, 0.25) is 0 Å². The van der Waals surface area contributed by atoms with E-state index in [-0.39, 0.29) is 11.2 Å². The second-order valence-electron chi connectivity index (χ2n) is 5.19. The standard InChI is InChI=1S/C16H17N3O2/c1-4-11-5-7-12(8-6-11)19-9-13-14(10-19)17(2)16(21)18(3)15(13)20/h5-10H,4H2,1-3H3. The lowest BCUT2D eigenvalue weighted by Crippen LogP contribution is -2.36. The zero-order valence-electron chi connectivity index (χ0n) is 12.3. The number of fused-ring (bicyclic) bond motifs is 1. The van der Waals surface area contributed by atoms with Gasteiger partial charge in [-0.2, -0.15) is 0 Å². The van der Waals surface area contributed by atoms with Gasteiger partial charge in [-0.05, 0) is 24.1 Å². The molecule has 0 atom stereocenters. The Morgan fingerprint density at radius 3 is 2.24 bits per heavy atom. The summed E-state index contributed by atoms with van der Waals surface area (Å²) in [6, 6.07) is 8.16. The monoisotopic (exact) mass is 283 g/mol. The lowest BCUT2D eigenvalue weighted by Gasteiger charge is -2.03. The van der Waals surface area contributed by atoms with Gasteiger partial charge in [0.05, 0.1) is 10.9 Å². The van der Waals surface area contributed by atoms with Crippen molar-refractivity contribution in [1.29, 1.82) is 0 Å². The molecule has 5 heteroatoms. The Bertz CT molecular complexity index is 927. The highest BCUT2D eigenvalue weighted by Crippen LogP contribution is 2.16. The Labute approximate surface area is 121 Å². The molecule has 0 N–H and O–H groups in total. The van der Waals surface area contributed by atoms with Crippen LogP contribution < -0.4 is 11.2 Å². The molecule has 21 heavy (non-hydrogen) atoms. The van der Waals surface area contributed by atoms with Gasteiger partial charge in [0, 0.05) is 32.2 Å². The molecule has 0 aliphatic heterocycles. The third-order valence-corrected chi connectivity index (χ3v) is 3.92. The van der Waals surface area contributed by atoms with E-state index >= 15 is 0 Å². The molecular formula is C16H17N3O2. The van der Waals surface area contributed by atoms with E-state index in [0.717, 1.165) is 16.7 Å². The first-order valence-corrected chi connectivity index (χ1v) is 6.90. The summed E-state index contributed by atoms with van der Waals surface area (Å²) in [6.07, 6.45) is 4.58. The fourth-order valence-corrected chi connectivity index (χ4v) is 2.52. The molecule has 0 saturated carbocycles. The molecule has 1 aromatic carbocycles. The first kappa shape index (κ1) is 13.4. The molecule has 2 aromatic heterocycles. The van der Waals surface area contributed by atoms with E-state index in [0.29, 0.717) is 10.9 Å². The fraction of sp³-hybridized carbons (Fsp3) is 0.250.